The fourth-order valence-corrected chi connectivity index (χ4v) is 2.39. The first kappa shape index (κ1) is 15.1. The summed E-state index contributed by atoms with van der Waals surface area (Å²) in [7, 11) is 1.88. The summed E-state index contributed by atoms with van der Waals surface area (Å²) in [6.07, 6.45) is 0.853. The maximum absolute atomic E-state index is 12.1. The summed E-state index contributed by atoms with van der Waals surface area (Å²) in [5, 5.41) is 6.08. The van der Waals surface area contributed by atoms with E-state index in [0.29, 0.717) is 12.1 Å². The Bertz CT molecular complexity index is 635. The van der Waals surface area contributed by atoms with Crippen molar-refractivity contribution >= 4 is 11.6 Å². The van der Waals surface area contributed by atoms with Crippen LogP contribution < -0.4 is 10.6 Å². The lowest BCUT2D eigenvalue weighted by Gasteiger charge is -2.10. The van der Waals surface area contributed by atoms with Crippen LogP contribution in [0, 0.1) is 13.8 Å². The average Bonchev–Trinajstić information content (AvgIpc) is 2.49. The molecule has 0 aliphatic heterocycles. The SMILES string of the molecule is CNc1ccc(C(=O)NCCc2ccccc2C)cc1C. The summed E-state index contributed by atoms with van der Waals surface area (Å²) in [5.74, 6) is -0.0191. The van der Waals surface area contributed by atoms with E-state index in [1.54, 1.807) is 0 Å². The van der Waals surface area contributed by atoms with Crippen LogP contribution in [0.25, 0.3) is 0 Å². The van der Waals surface area contributed by atoms with Crippen LogP contribution in [0.3, 0.4) is 0 Å². The van der Waals surface area contributed by atoms with E-state index in [9.17, 15) is 4.79 Å². The lowest BCUT2D eigenvalue weighted by molar-refractivity contribution is 0.0954. The molecule has 2 aromatic rings. The first-order chi connectivity index (χ1) is 10.1. The van der Waals surface area contributed by atoms with Gasteiger partial charge in [0.05, 0.1) is 0 Å². The van der Waals surface area contributed by atoms with Gasteiger partial charge in [0, 0.05) is 24.8 Å². The Morgan fingerprint density at radius 2 is 1.81 bits per heavy atom. The van der Waals surface area contributed by atoms with Crippen LogP contribution in [0.15, 0.2) is 42.5 Å². The summed E-state index contributed by atoms with van der Waals surface area (Å²) in [5.41, 5.74) is 5.37. The maximum Gasteiger partial charge on any atom is 0.251 e. The fourth-order valence-electron chi connectivity index (χ4n) is 2.39. The fraction of sp³-hybridized carbons (Fsp3) is 0.278. The predicted molar refractivity (Wildman–Crippen MR) is 87.9 cm³/mol. The van der Waals surface area contributed by atoms with Gasteiger partial charge < -0.3 is 10.6 Å². The van der Waals surface area contributed by atoms with E-state index >= 15 is 0 Å². The van der Waals surface area contributed by atoms with Crippen molar-refractivity contribution < 1.29 is 4.79 Å². The second-order valence-electron chi connectivity index (χ2n) is 5.21. The van der Waals surface area contributed by atoms with Gasteiger partial charge in [0.1, 0.15) is 0 Å². The molecule has 0 aliphatic rings. The zero-order valence-electron chi connectivity index (χ0n) is 12.9. The number of aryl methyl sites for hydroxylation is 2. The van der Waals surface area contributed by atoms with Crippen molar-refractivity contribution in [1.82, 2.24) is 5.32 Å². The molecule has 0 fully saturated rings. The maximum atomic E-state index is 12.1. The van der Waals surface area contributed by atoms with Gasteiger partial charge >= 0.3 is 0 Å². The number of hydrogen-bond acceptors (Lipinski definition) is 2. The Morgan fingerprint density at radius 3 is 2.48 bits per heavy atom. The molecule has 0 heterocycles. The van der Waals surface area contributed by atoms with E-state index in [1.165, 1.54) is 11.1 Å². The average molecular weight is 282 g/mol. The minimum Gasteiger partial charge on any atom is -0.388 e. The zero-order valence-corrected chi connectivity index (χ0v) is 12.9. The molecule has 21 heavy (non-hydrogen) atoms. The third-order valence-corrected chi connectivity index (χ3v) is 3.70. The van der Waals surface area contributed by atoms with Crippen molar-refractivity contribution in [3.63, 3.8) is 0 Å². The number of anilines is 1. The van der Waals surface area contributed by atoms with E-state index in [2.05, 4.69) is 29.7 Å². The van der Waals surface area contributed by atoms with Gasteiger partial charge in [-0.05, 0) is 55.2 Å². The van der Waals surface area contributed by atoms with E-state index in [0.717, 1.165) is 17.7 Å². The van der Waals surface area contributed by atoms with Crippen molar-refractivity contribution in [2.75, 3.05) is 18.9 Å². The van der Waals surface area contributed by atoms with E-state index in [-0.39, 0.29) is 5.91 Å². The smallest absolute Gasteiger partial charge is 0.251 e. The highest BCUT2D eigenvalue weighted by molar-refractivity contribution is 5.94. The standard InChI is InChI=1S/C18H22N2O/c1-13-6-4-5-7-15(13)10-11-20-18(21)16-8-9-17(19-3)14(2)12-16/h4-9,12,19H,10-11H2,1-3H3,(H,20,21). The highest BCUT2D eigenvalue weighted by Gasteiger charge is 2.07. The Balaban J connectivity index is 1.93. The van der Waals surface area contributed by atoms with Crippen molar-refractivity contribution in [3.05, 3.63) is 64.7 Å². The van der Waals surface area contributed by atoms with Gasteiger partial charge in [-0.3, -0.25) is 4.79 Å². The molecule has 3 nitrogen and oxygen atoms in total. The quantitative estimate of drug-likeness (QED) is 0.883. The molecular formula is C18H22N2O. The van der Waals surface area contributed by atoms with Crippen LogP contribution in [0.1, 0.15) is 27.0 Å². The molecule has 1 amide bonds. The topological polar surface area (TPSA) is 41.1 Å². The first-order valence-electron chi connectivity index (χ1n) is 7.23. The zero-order chi connectivity index (χ0) is 15.2. The third kappa shape index (κ3) is 3.85. The molecule has 3 heteroatoms. The molecule has 0 spiro atoms. The predicted octanol–water partition coefficient (Wildman–Crippen LogP) is 3.32. The van der Waals surface area contributed by atoms with Gasteiger partial charge in [0.15, 0.2) is 0 Å². The van der Waals surface area contributed by atoms with Gasteiger partial charge in [-0.25, -0.2) is 0 Å². The van der Waals surface area contributed by atoms with Gasteiger partial charge in [0.2, 0.25) is 0 Å². The first-order valence-corrected chi connectivity index (χ1v) is 7.23. The van der Waals surface area contributed by atoms with Crippen LogP contribution in [0.2, 0.25) is 0 Å². The molecule has 0 bridgehead atoms. The number of nitrogens with one attached hydrogen (secondary N) is 2. The van der Waals surface area contributed by atoms with E-state index in [1.807, 2.05) is 44.3 Å². The second kappa shape index (κ2) is 6.93. The monoisotopic (exact) mass is 282 g/mol. The highest BCUT2D eigenvalue weighted by atomic mass is 16.1. The summed E-state index contributed by atoms with van der Waals surface area (Å²) >= 11 is 0. The molecule has 0 unspecified atom stereocenters. The molecule has 0 aliphatic carbocycles. The number of rotatable bonds is 5. The van der Waals surface area contributed by atoms with Gasteiger partial charge in [-0.1, -0.05) is 24.3 Å². The summed E-state index contributed by atoms with van der Waals surface area (Å²) < 4.78 is 0. The minimum atomic E-state index is -0.0191. The molecule has 0 saturated carbocycles. The number of amides is 1. The van der Waals surface area contributed by atoms with E-state index in [4.69, 9.17) is 0 Å². The minimum absolute atomic E-state index is 0.0191. The van der Waals surface area contributed by atoms with E-state index < -0.39 is 0 Å². The largest absolute Gasteiger partial charge is 0.388 e. The van der Waals surface area contributed by atoms with Crippen LogP contribution in [-0.2, 0) is 6.42 Å². The molecule has 110 valence electrons. The second-order valence-corrected chi connectivity index (χ2v) is 5.21. The number of carbonyl (C=O) groups is 1. The Kier molecular flexibility index (Phi) is 4.99. The van der Waals surface area contributed by atoms with Crippen molar-refractivity contribution in [1.29, 1.82) is 0 Å². The van der Waals surface area contributed by atoms with Crippen LogP contribution in [0.5, 0.6) is 0 Å². The van der Waals surface area contributed by atoms with Crippen molar-refractivity contribution in [3.8, 4) is 0 Å². The molecule has 2 N–H and O–H groups in total. The van der Waals surface area contributed by atoms with Gasteiger partial charge in [0.25, 0.3) is 5.91 Å². The molecule has 0 radical (unpaired) electrons. The number of carbonyl (C=O) groups excluding carboxylic acids is 1. The van der Waals surface area contributed by atoms with Crippen molar-refractivity contribution in [2.45, 2.75) is 20.3 Å². The lowest BCUT2D eigenvalue weighted by atomic mass is 10.1. The van der Waals surface area contributed by atoms with Gasteiger partial charge in [-0.15, -0.1) is 0 Å². The van der Waals surface area contributed by atoms with Crippen LogP contribution >= 0.6 is 0 Å². The molecule has 2 aromatic carbocycles. The molecule has 0 saturated heterocycles. The molecular weight excluding hydrogens is 260 g/mol. The highest BCUT2D eigenvalue weighted by Crippen LogP contribution is 2.15. The van der Waals surface area contributed by atoms with Crippen LogP contribution in [-0.4, -0.2) is 19.5 Å². The molecule has 2 rings (SSSR count). The Hall–Kier alpha value is -2.29. The molecule has 0 aromatic heterocycles. The summed E-state index contributed by atoms with van der Waals surface area (Å²) in [6, 6.07) is 14.0. The van der Waals surface area contributed by atoms with Gasteiger partial charge in [-0.2, -0.15) is 0 Å². The van der Waals surface area contributed by atoms with Crippen LogP contribution in [0.4, 0.5) is 5.69 Å². The molecule has 0 atom stereocenters. The third-order valence-electron chi connectivity index (χ3n) is 3.70. The number of hydrogen-bond donors (Lipinski definition) is 2. The van der Waals surface area contributed by atoms with Crippen molar-refractivity contribution in [2.24, 2.45) is 0 Å². The Labute approximate surface area is 126 Å². The lowest BCUT2D eigenvalue weighted by Crippen LogP contribution is -2.25. The Morgan fingerprint density at radius 1 is 1.05 bits per heavy atom. The summed E-state index contributed by atoms with van der Waals surface area (Å²) in [4.78, 5) is 12.1. The summed E-state index contributed by atoms with van der Waals surface area (Å²) in [6.45, 7) is 4.74. The normalized spacial score (nSPS) is 10.2. The number of benzene rings is 2.